The van der Waals surface area contributed by atoms with Gasteiger partial charge in [0.05, 0.1) is 13.2 Å². The van der Waals surface area contributed by atoms with Gasteiger partial charge in [-0.3, -0.25) is 0 Å². The van der Waals surface area contributed by atoms with Crippen molar-refractivity contribution in [2.24, 2.45) is 0 Å². The molecule has 1 aromatic carbocycles. The molecule has 0 spiro atoms. The van der Waals surface area contributed by atoms with Crippen LogP contribution in [0.15, 0.2) is 24.3 Å². The molecule has 0 aromatic heterocycles. The van der Waals surface area contributed by atoms with Crippen LogP contribution in [0.4, 0.5) is 0 Å². The van der Waals surface area contributed by atoms with Crippen LogP contribution in [0, 0.1) is 0 Å². The van der Waals surface area contributed by atoms with E-state index in [-0.39, 0.29) is 17.6 Å². The second kappa shape index (κ2) is 7.09. The molecule has 1 aromatic rings. The molecule has 1 rings (SSSR count). The van der Waals surface area contributed by atoms with Crippen molar-refractivity contribution in [3.05, 3.63) is 29.8 Å². The zero-order valence-electron chi connectivity index (χ0n) is 13.5. The van der Waals surface area contributed by atoms with E-state index >= 15 is 0 Å². The maximum absolute atomic E-state index is 9.32. The van der Waals surface area contributed by atoms with Crippen LogP contribution >= 0.6 is 0 Å². The highest BCUT2D eigenvalue weighted by atomic mass is 16.5. The minimum atomic E-state index is -0.274. The number of rotatable bonds is 8. The van der Waals surface area contributed by atoms with Crippen molar-refractivity contribution in [3.63, 3.8) is 0 Å². The van der Waals surface area contributed by atoms with Gasteiger partial charge >= 0.3 is 0 Å². The lowest BCUT2D eigenvalue weighted by Gasteiger charge is -2.26. The van der Waals surface area contributed by atoms with Gasteiger partial charge in [0.1, 0.15) is 5.75 Å². The lowest BCUT2D eigenvalue weighted by molar-refractivity contribution is 0.151. The van der Waals surface area contributed by atoms with Gasteiger partial charge in [0.15, 0.2) is 0 Å². The maximum Gasteiger partial charge on any atom is 0.119 e. The van der Waals surface area contributed by atoms with Crippen molar-refractivity contribution in [1.82, 2.24) is 5.32 Å². The van der Waals surface area contributed by atoms with Crippen LogP contribution in [0.2, 0.25) is 0 Å². The average molecular weight is 279 g/mol. The van der Waals surface area contributed by atoms with E-state index in [4.69, 9.17) is 4.74 Å². The first-order valence-electron chi connectivity index (χ1n) is 7.40. The Balaban J connectivity index is 2.55. The molecule has 0 saturated heterocycles. The third kappa shape index (κ3) is 4.50. The van der Waals surface area contributed by atoms with Crippen molar-refractivity contribution in [2.75, 3.05) is 20.3 Å². The van der Waals surface area contributed by atoms with Gasteiger partial charge < -0.3 is 15.2 Å². The maximum atomic E-state index is 9.32. The SMILES string of the molecule is CCC(C)(C)c1ccc(OCCC(C)(CO)NC)cc1. The largest absolute Gasteiger partial charge is 0.494 e. The molecule has 2 N–H and O–H groups in total. The van der Waals surface area contributed by atoms with Gasteiger partial charge in [-0.05, 0) is 43.5 Å². The predicted octanol–water partition coefficient (Wildman–Crippen LogP) is 3.11. The third-order valence-electron chi connectivity index (χ3n) is 4.39. The second-order valence-corrected chi connectivity index (χ2v) is 6.33. The van der Waals surface area contributed by atoms with Crippen LogP contribution in [0.5, 0.6) is 5.75 Å². The predicted molar refractivity (Wildman–Crippen MR) is 84.4 cm³/mol. The molecule has 0 heterocycles. The van der Waals surface area contributed by atoms with E-state index in [9.17, 15) is 5.11 Å². The summed E-state index contributed by atoms with van der Waals surface area (Å²) in [7, 11) is 1.86. The zero-order valence-corrected chi connectivity index (χ0v) is 13.5. The lowest BCUT2D eigenvalue weighted by Crippen LogP contribution is -2.44. The Kier molecular flexibility index (Phi) is 6.03. The summed E-state index contributed by atoms with van der Waals surface area (Å²) in [5.74, 6) is 0.886. The molecule has 1 atom stereocenters. The monoisotopic (exact) mass is 279 g/mol. The fraction of sp³-hybridized carbons (Fsp3) is 0.647. The summed E-state index contributed by atoms with van der Waals surface area (Å²) in [6, 6.07) is 8.34. The van der Waals surface area contributed by atoms with Crippen LogP contribution in [-0.4, -0.2) is 30.9 Å². The number of ether oxygens (including phenoxy) is 1. The highest BCUT2D eigenvalue weighted by Gasteiger charge is 2.20. The minimum Gasteiger partial charge on any atom is -0.494 e. The van der Waals surface area contributed by atoms with E-state index < -0.39 is 0 Å². The zero-order chi connectivity index (χ0) is 15.2. The Morgan fingerprint density at radius 1 is 1.15 bits per heavy atom. The molecule has 1 unspecified atom stereocenters. The quantitative estimate of drug-likeness (QED) is 0.768. The Labute approximate surface area is 123 Å². The van der Waals surface area contributed by atoms with Crippen LogP contribution in [0.25, 0.3) is 0 Å². The number of aliphatic hydroxyl groups excluding tert-OH is 1. The van der Waals surface area contributed by atoms with Gasteiger partial charge in [-0.25, -0.2) is 0 Å². The topological polar surface area (TPSA) is 41.5 Å². The average Bonchev–Trinajstić information content (AvgIpc) is 2.47. The molecule has 0 radical (unpaired) electrons. The van der Waals surface area contributed by atoms with E-state index in [0.717, 1.165) is 18.6 Å². The van der Waals surface area contributed by atoms with Crippen LogP contribution < -0.4 is 10.1 Å². The van der Waals surface area contributed by atoms with Gasteiger partial charge in [0, 0.05) is 12.0 Å². The molecule has 3 heteroatoms. The number of hydrogen-bond acceptors (Lipinski definition) is 3. The molecule has 3 nitrogen and oxygen atoms in total. The molecule has 114 valence electrons. The van der Waals surface area contributed by atoms with Crippen molar-refractivity contribution < 1.29 is 9.84 Å². The number of benzene rings is 1. The molecular formula is C17H29NO2. The van der Waals surface area contributed by atoms with Crippen LogP contribution in [0.3, 0.4) is 0 Å². The van der Waals surface area contributed by atoms with Crippen molar-refractivity contribution >= 4 is 0 Å². The Morgan fingerprint density at radius 3 is 2.20 bits per heavy atom. The Hall–Kier alpha value is -1.06. The molecule has 0 amide bonds. The summed E-state index contributed by atoms with van der Waals surface area (Å²) in [6.45, 7) is 9.40. The number of likely N-dealkylation sites (N-methyl/N-ethyl adjacent to an activating group) is 1. The van der Waals surface area contributed by atoms with Crippen molar-refractivity contribution in [1.29, 1.82) is 0 Å². The molecular weight excluding hydrogens is 250 g/mol. The summed E-state index contributed by atoms with van der Waals surface area (Å²) >= 11 is 0. The highest BCUT2D eigenvalue weighted by Crippen LogP contribution is 2.28. The standard InChI is InChI=1S/C17H29NO2/c1-6-16(2,3)14-7-9-15(10-8-14)20-12-11-17(4,13-19)18-5/h7-10,18-19H,6,11-13H2,1-5H3. The lowest BCUT2D eigenvalue weighted by atomic mass is 9.82. The van der Waals surface area contributed by atoms with Gasteiger partial charge in [0.25, 0.3) is 0 Å². The fourth-order valence-electron chi connectivity index (χ4n) is 1.88. The number of aliphatic hydroxyl groups is 1. The highest BCUT2D eigenvalue weighted by molar-refractivity contribution is 5.31. The van der Waals surface area contributed by atoms with E-state index in [2.05, 4.69) is 38.2 Å². The molecule has 0 aliphatic carbocycles. The first kappa shape index (κ1) is 17.0. The van der Waals surface area contributed by atoms with E-state index in [0.29, 0.717) is 6.61 Å². The van der Waals surface area contributed by atoms with Gasteiger partial charge in [-0.2, -0.15) is 0 Å². The fourth-order valence-corrected chi connectivity index (χ4v) is 1.88. The molecule has 20 heavy (non-hydrogen) atoms. The van der Waals surface area contributed by atoms with Crippen LogP contribution in [0.1, 0.15) is 46.1 Å². The third-order valence-corrected chi connectivity index (χ3v) is 4.39. The van der Waals surface area contributed by atoms with E-state index in [1.807, 2.05) is 26.1 Å². The van der Waals surface area contributed by atoms with E-state index in [1.54, 1.807) is 0 Å². The van der Waals surface area contributed by atoms with Crippen LogP contribution in [-0.2, 0) is 5.41 Å². The molecule has 0 aliphatic rings. The van der Waals surface area contributed by atoms with Crippen molar-refractivity contribution in [3.8, 4) is 5.75 Å². The minimum absolute atomic E-state index is 0.108. The summed E-state index contributed by atoms with van der Waals surface area (Å²) < 4.78 is 5.76. The van der Waals surface area contributed by atoms with Crippen molar-refractivity contribution in [2.45, 2.75) is 51.5 Å². The smallest absolute Gasteiger partial charge is 0.119 e. The summed E-state index contributed by atoms with van der Waals surface area (Å²) in [6.07, 6.45) is 1.88. The van der Waals surface area contributed by atoms with E-state index in [1.165, 1.54) is 5.56 Å². The number of hydrogen-bond donors (Lipinski definition) is 2. The van der Waals surface area contributed by atoms with Gasteiger partial charge in [-0.1, -0.05) is 32.9 Å². The molecule has 0 fully saturated rings. The second-order valence-electron chi connectivity index (χ2n) is 6.33. The molecule has 0 saturated carbocycles. The Morgan fingerprint density at radius 2 is 1.75 bits per heavy atom. The normalized spacial score (nSPS) is 14.9. The summed E-state index contributed by atoms with van der Waals surface area (Å²) in [5, 5.41) is 12.4. The summed E-state index contributed by atoms with van der Waals surface area (Å²) in [4.78, 5) is 0. The molecule has 0 aliphatic heterocycles. The number of nitrogens with one attached hydrogen (secondary N) is 1. The Bertz CT molecular complexity index is 394. The first-order valence-corrected chi connectivity index (χ1v) is 7.40. The summed E-state index contributed by atoms with van der Waals surface area (Å²) in [5.41, 5.74) is 1.27. The molecule has 0 bridgehead atoms. The van der Waals surface area contributed by atoms with Gasteiger partial charge in [0.2, 0.25) is 0 Å². The first-order chi connectivity index (χ1) is 9.37. The van der Waals surface area contributed by atoms with Gasteiger partial charge in [-0.15, -0.1) is 0 Å².